The van der Waals surface area contributed by atoms with Crippen LogP contribution in [0.15, 0.2) is 23.1 Å². The number of hydrogen-bond donors (Lipinski definition) is 2. The van der Waals surface area contributed by atoms with Crippen LogP contribution in [0.3, 0.4) is 0 Å². The average molecular weight is 286 g/mol. The summed E-state index contributed by atoms with van der Waals surface area (Å²) in [6, 6.07) is 3.52. The molecular formula is C13H19FN2O2S. The predicted molar refractivity (Wildman–Crippen MR) is 71.6 cm³/mol. The van der Waals surface area contributed by atoms with Crippen LogP contribution in [-0.4, -0.2) is 20.5 Å². The molecule has 0 bridgehead atoms. The second-order valence-electron chi connectivity index (χ2n) is 5.75. The van der Waals surface area contributed by atoms with Crippen molar-refractivity contribution in [2.24, 2.45) is 11.1 Å². The average Bonchev–Trinajstić information content (AvgIpc) is 2.31. The largest absolute Gasteiger partial charge is 0.327 e. The molecule has 0 aromatic heterocycles. The van der Waals surface area contributed by atoms with Gasteiger partial charge in [-0.2, -0.15) is 0 Å². The van der Waals surface area contributed by atoms with Gasteiger partial charge in [0.25, 0.3) is 0 Å². The molecule has 6 heteroatoms. The van der Waals surface area contributed by atoms with E-state index in [0.717, 1.165) is 6.07 Å². The summed E-state index contributed by atoms with van der Waals surface area (Å²) in [5, 5.41) is 0. The van der Waals surface area contributed by atoms with Crippen molar-refractivity contribution in [2.75, 3.05) is 0 Å². The zero-order chi connectivity index (χ0) is 14.4. The summed E-state index contributed by atoms with van der Waals surface area (Å²) in [4.78, 5) is -0.0104. The van der Waals surface area contributed by atoms with Crippen LogP contribution in [0.4, 0.5) is 4.39 Å². The molecule has 0 heterocycles. The summed E-state index contributed by atoms with van der Waals surface area (Å²) >= 11 is 0. The van der Waals surface area contributed by atoms with Crippen molar-refractivity contribution >= 4 is 10.0 Å². The molecule has 4 nitrogen and oxygen atoms in total. The van der Waals surface area contributed by atoms with Crippen molar-refractivity contribution in [1.29, 1.82) is 0 Å². The van der Waals surface area contributed by atoms with E-state index in [1.807, 2.05) is 13.8 Å². The predicted octanol–water partition coefficient (Wildman–Crippen LogP) is 1.54. The maximum atomic E-state index is 13.2. The summed E-state index contributed by atoms with van der Waals surface area (Å²) in [6.07, 6.45) is 0.598. The molecule has 1 aromatic carbocycles. The molecule has 0 spiro atoms. The van der Waals surface area contributed by atoms with E-state index in [1.54, 1.807) is 6.92 Å². The van der Waals surface area contributed by atoms with E-state index in [2.05, 4.69) is 4.72 Å². The molecule has 0 radical (unpaired) electrons. The molecule has 2 rings (SSSR count). The van der Waals surface area contributed by atoms with Gasteiger partial charge in [-0.1, -0.05) is 19.9 Å². The van der Waals surface area contributed by atoms with E-state index in [1.165, 1.54) is 12.1 Å². The third-order valence-corrected chi connectivity index (χ3v) is 5.69. The molecule has 1 aliphatic rings. The fourth-order valence-electron chi connectivity index (χ4n) is 2.27. The van der Waals surface area contributed by atoms with Crippen LogP contribution in [0.25, 0.3) is 0 Å². The maximum absolute atomic E-state index is 13.2. The molecule has 0 saturated heterocycles. The van der Waals surface area contributed by atoms with E-state index in [0.29, 0.717) is 12.0 Å². The Labute approximate surface area is 113 Å². The van der Waals surface area contributed by atoms with Gasteiger partial charge in [0.15, 0.2) is 0 Å². The van der Waals surface area contributed by atoms with Gasteiger partial charge in [-0.3, -0.25) is 0 Å². The van der Waals surface area contributed by atoms with Gasteiger partial charge in [0, 0.05) is 12.1 Å². The SMILES string of the molecule is Cc1ccc(F)cc1S(=O)(=O)NC1CC(N)C1(C)C. The Balaban J connectivity index is 2.27. The molecule has 1 saturated carbocycles. The first-order chi connectivity index (χ1) is 8.64. The van der Waals surface area contributed by atoms with Gasteiger partial charge in [-0.25, -0.2) is 17.5 Å². The number of benzene rings is 1. The number of halogens is 1. The Morgan fingerprint density at radius 3 is 2.58 bits per heavy atom. The van der Waals surface area contributed by atoms with Crippen LogP contribution in [0.2, 0.25) is 0 Å². The van der Waals surface area contributed by atoms with Crippen molar-refractivity contribution < 1.29 is 12.8 Å². The van der Waals surface area contributed by atoms with Crippen LogP contribution in [0, 0.1) is 18.2 Å². The normalized spacial score (nSPS) is 25.9. The molecule has 2 unspecified atom stereocenters. The molecule has 0 amide bonds. The minimum atomic E-state index is -3.71. The standard InChI is InChI=1S/C13H19FN2O2S/c1-8-4-5-9(14)6-10(8)19(17,18)16-12-7-11(15)13(12,2)3/h4-6,11-12,16H,7,15H2,1-3H3. The lowest BCUT2D eigenvalue weighted by Gasteiger charge is -2.50. The van der Waals surface area contributed by atoms with Crippen LogP contribution in [0.1, 0.15) is 25.8 Å². The fraction of sp³-hybridized carbons (Fsp3) is 0.538. The van der Waals surface area contributed by atoms with Crippen molar-refractivity contribution in [1.82, 2.24) is 4.72 Å². The summed E-state index contributed by atoms with van der Waals surface area (Å²) in [7, 11) is -3.71. The first-order valence-corrected chi connectivity index (χ1v) is 7.67. The molecule has 0 aliphatic heterocycles. The van der Waals surface area contributed by atoms with Crippen LogP contribution in [0.5, 0.6) is 0 Å². The van der Waals surface area contributed by atoms with E-state index >= 15 is 0 Å². The maximum Gasteiger partial charge on any atom is 0.241 e. The molecule has 1 aliphatic carbocycles. The van der Waals surface area contributed by atoms with Gasteiger partial charge in [-0.05, 0) is 36.5 Å². The fourth-order valence-corrected chi connectivity index (χ4v) is 3.93. The molecule has 106 valence electrons. The van der Waals surface area contributed by atoms with E-state index < -0.39 is 15.8 Å². The Morgan fingerprint density at radius 2 is 2.05 bits per heavy atom. The number of rotatable bonds is 3. The number of aryl methyl sites for hydroxylation is 1. The van der Waals surface area contributed by atoms with E-state index in [-0.39, 0.29) is 22.4 Å². The lowest BCUT2D eigenvalue weighted by atomic mass is 9.64. The zero-order valence-electron chi connectivity index (χ0n) is 11.3. The van der Waals surface area contributed by atoms with E-state index in [9.17, 15) is 12.8 Å². The van der Waals surface area contributed by atoms with Crippen molar-refractivity contribution in [3.05, 3.63) is 29.6 Å². The topological polar surface area (TPSA) is 72.2 Å². The number of hydrogen-bond acceptors (Lipinski definition) is 3. The molecule has 1 aromatic rings. The van der Waals surface area contributed by atoms with Gasteiger partial charge in [-0.15, -0.1) is 0 Å². The number of nitrogens with two attached hydrogens (primary N) is 1. The van der Waals surface area contributed by atoms with Gasteiger partial charge < -0.3 is 5.73 Å². The third-order valence-electron chi connectivity index (χ3n) is 4.08. The van der Waals surface area contributed by atoms with Gasteiger partial charge >= 0.3 is 0 Å². The Hall–Kier alpha value is -0.980. The third kappa shape index (κ3) is 2.52. The number of sulfonamides is 1. The first-order valence-electron chi connectivity index (χ1n) is 6.18. The van der Waals surface area contributed by atoms with E-state index in [4.69, 9.17) is 5.73 Å². The minimum Gasteiger partial charge on any atom is -0.327 e. The second kappa shape index (κ2) is 4.54. The zero-order valence-corrected chi connectivity index (χ0v) is 12.1. The van der Waals surface area contributed by atoms with Crippen LogP contribution in [-0.2, 0) is 10.0 Å². The lowest BCUT2D eigenvalue weighted by molar-refractivity contribution is 0.0903. The van der Waals surface area contributed by atoms with Gasteiger partial charge in [0.1, 0.15) is 5.82 Å². The molecular weight excluding hydrogens is 267 g/mol. The highest BCUT2D eigenvalue weighted by Gasteiger charge is 2.47. The van der Waals surface area contributed by atoms with Crippen LogP contribution >= 0.6 is 0 Å². The summed E-state index contributed by atoms with van der Waals surface area (Å²) < 4.78 is 40.4. The van der Waals surface area contributed by atoms with Gasteiger partial charge in [0.2, 0.25) is 10.0 Å². The highest BCUT2D eigenvalue weighted by atomic mass is 32.2. The smallest absolute Gasteiger partial charge is 0.241 e. The second-order valence-corrected chi connectivity index (χ2v) is 7.43. The molecule has 2 atom stereocenters. The monoisotopic (exact) mass is 286 g/mol. The Bertz CT molecular complexity index is 599. The lowest BCUT2D eigenvalue weighted by Crippen LogP contribution is -2.64. The van der Waals surface area contributed by atoms with Gasteiger partial charge in [0.05, 0.1) is 4.90 Å². The summed E-state index contributed by atoms with van der Waals surface area (Å²) in [5.41, 5.74) is 6.10. The molecule has 19 heavy (non-hydrogen) atoms. The first kappa shape index (κ1) is 14.4. The van der Waals surface area contributed by atoms with Crippen molar-refractivity contribution in [3.8, 4) is 0 Å². The summed E-state index contributed by atoms with van der Waals surface area (Å²) in [5.74, 6) is -0.560. The minimum absolute atomic E-state index is 0.0104. The van der Waals surface area contributed by atoms with Crippen molar-refractivity contribution in [2.45, 2.75) is 44.2 Å². The molecule has 1 fully saturated rings. The quantitative estimate of drug-likeness (QED) is 0.885. The Kier molecular flexibility index (Phi) is 3.45. The highest BCUT2D eigenvalue weighted by molar-refractivity contribution is 7.89. The van der Waals surface area contributed by atoms with Crippen LogP contribution < -0.4 is 10.5 Å². The highest BCUT2D eigenvalue weighted by Crippen LogP contribution is 2.39. The van der Waals surface area contributed by atoms with Crippen molar-refractivity contribution in [3.63, 3.8) is 0 Å². The molecule has 3 N–H and O–H groups in total. The Morgan fingerprint density at radius 1 is 1.42 bits per heavy atom. The number of nitrogens with one attached hydrogen (secondary N) is 1. The summed E-state index contributed by atoms with van der Waals surface area (Å²) in [6.45, 7) is 5.49.